The van der Waals surface area contributed by atoms with Gasteiger partial charge in [0.15, 0.2) is 0 Å². The van der Waals surface area contributed by atoms with Gasteiger partial charge in [-0.05, 0) is 43.1 Å². The van der Waals surface area contributed by atoms with Crippen molar-refractivity contribution in [2.45, 2.75) is 13.3 Å². The third kappa shape index (κ3) is 2.14. The van der Waals surface area contributed by atoms with E-state index in [1.54, 1.807) is 7.11 Å². The Morgan fingerprint density at radius 3 is 2.69 bits per heavy atom. The van der Waals surface area contributed by atoms with Gasteiger partial charge in [0.25, 0.3) is 0 Å². The van der Waals surface area contributed by atoms with Crippen LogP contribution in [0.2, 0.25) is 5.02 Å². The Balaban J connectivity index is 3.15. The van der Waals surface area contributed by atoms with Crippen LogP contribution in [0, 0.1) is 6.92 Å². The van der Waals surface area contributed by atoms with E-state index in [-0.39, 0.29) is 0 Å². The van der Waals surface area contributed by atoms with Crippen LogP contribution in [0.1, 0.15) is 11.1 Å². The summed E-state index contributed by atoms with van der Waals surface area (Å²) in [6.07, 6.45) is 0.801. The van der Waals surface area contributed by atoms with Crippen molar-refractivity contribution in [3.8, 4) is 5.75 Å². The van der Waals surface area contributed by atoms with Gasteiger partial charge in [-0.3, -0.25) is 0 Å². The molecule has 0 aliphatic heterocycles. The molecule has 2 nitrogen and oxygen atoms in total. The molecule has 0 saturated heterocycles. The van der Waals surface area contributed by atoms with Crippen molar-refractivity contribution in [2.24, 2.45) is 5.73 Å². The molecule has 1 aromatic rings. The quantitative estimate of drug-likeness (QED) is 0.810. The molecule has 3 heteroatoms. The summed E-state index contributed by atoms with van der Waals surface area (Å²) in [5.74, 6) is 0.868. The Labute approximate surface area is 83.6 Å². The summed E-state index contributed by atoms with van der Waals surface area (Å²) in [6, 6.07) is 3.72. The van der Waals surface area contributed by atoms with Gasteiger partial charge in [0, 0.05) is 5.02 Å². The van der Waals surface area contributed by atoms with Gasteiger partial charge in [-0.25, -0.2) is 0 Å². The topological polar surface area (TPSA) is 35.2 Å². The van der Waals surface area contributed by atoms with Crippen molar-refractivity contribution in [1.29, 1.82) is 0 Å². The molecule has 0 aliphatic rings. The highest BCUT2D eigenvalue weighted by molar-refractivity contribution is 6.31. The van der Waals surface area contributed by atoms with E-state index < -0.39 is 0 Å². The van der Waals surface area contributed by atoms with E-state index in [1.807, 2.05) is 19.1 Å². The van der Waals surface area contributed by atoms with Crippen LogP contribution < -0.4 is 10.5 Å². The third-order valence-corrected chi connectivity index (χ3v) is 2.51. The maximum absolute atomic E-state index is 5.98. The van der Waals surface area contributed by atoms with Gasteiger partial charge >= 0.3 is 0 Å². The molecule has 2 N–H and O–H groups in total. The smallest absolute Gasteiger partial charge is 0.122 e. The fourth-order valence-electron chi connectivity index (χ4n) is 1.35. The highest BCUT2D eigenvalue weighted by Gasteiger charge is 2.07. The molecule has 0 amide bonds. The minimum atomic E-state index is 0.609. The van der Waals surface area contributed by atoms with E-state index in [0.29, 0.717) is 6.54 Å². The van der Waals surface area contributed by atoms with Crippen molar-refractivity contribution in [2.75, 3.05) is 13.7 Å². The summed E-state index contributed by atoms with van der Waals surface area (Å²) in [4.78, 5) is 0. The zero-order valence-electron chi connectivity index (χ0n) is 7.93. The van der Waals surface area contributed by atoms with Gasteiger partial charge in [-0.1, -0.05) is 11.6 Å². The first-order valence-electron chi connectivity index (χ1n) is 4.22. The highest BCUT2D eigenvalue weighted by atomic mass is 35.5. The van der Waals surface area contributed by atoms with Gasteiger partial charge in [-0.2, -0.15) is 0 Å². The molecule has 72 valence electrons. The Hall–Kier alpha value is -0.730. The molecule has 0 radical (unpaired) electrons. The lowest BCUT2D eigenvalue weighted by atomic mass is 10.0. The fraction of sp³-hybridized carbons (Fsp3) is 0.400. The van der Waals surface area contributed by atoms with E-state index in [0.717, 1.165) is 28.3 Å². The average molecular weight is 200 g/mol. The van der Waals surface area contributed by atoms with Crippen LogP contribution in [0.5, 0.6) is 5.75 Å². The van der Waals surface area contributed by atoms with E-state index >= 15 is 0 Å². The van der Waals surface area contributed by atoms with Crippen LogP contribution in [0.3, 0.4) is 0 Å². The van der Waals surface area contributed by atoms with Crippen molar-refractivity contribution >= 4 is 11.6 Å². The summed E-state index contributed by atoms with van der Waals surface area (Å²) in [6.45, 7) is 2.59. The van der Waals surface area contributed by atoms with Crippen LogP contribution in [0.4, 0.5) is 0 Å². The van der Waals surface area contributed by atoms with Gasteiger partial charge < -0.3 is 10.5 Å². The molecule has 0 bridgehead atoms. The Morgan fingerprint density at radius 2 is 2.15 bits per heavy atom. The first-order chi connectivity index (χ1) is 6.20. The minimum Gasteiger partial charge on any atom is -0.496 e. The zero-order valence-corrected chi connectivity index (χ0v) is 8.69. The van der Waals surface area contributed by atoms with Crippen molar-refractivity contribution in [3.05, 3.63) is 28.3 Å². The second kappa shape index (κ2) is 4.49. The third-order valence-electron chi connectivity index (χ3n) is 2.10. The lowest BCUT2D eigenvalue weighted by Crippen LogP contribution is -2.06. The van der Waals surface area contributed by atoms with Crippen LogP contribution >= 0.6 is 11.6 Å². The van der Waals surface area contributed by atoms with Crippen LogP contribution in [0.25, 0.3) is 0 Å². The normalized spacial score (nSPS) is 10.2. The molecular formula is C10H14ClNO. The number of hydrogen-bond donors (Lipinski definition) is 1. The molecule has 0 spiro atoms. The summed E-state index contributed by atoms with van der Waals surface area (Å²) >= 11 is 5.98. The first-order valence-corrected chi connectivity index (χ1v) is 4.60. The van der Waals surface area contributed by atoms with E-state index in [2.05, 4.69) is 0 Å². The fourth-order valence-corrected chi connectivity index (χ4v) is 1.53. The van der Waals surface area contributed by atoms with Crippen LogP contribution in [-0.2, 0) is 6.42 Å². The van der Waals surface area contributed by atoms with Gasteiger partial charge in [0.1, 0.15) is 5.75 Å². The minimum absolute atomic E-state index is 0.609. The molecule has 0 saturated carbocycles. The molecule has 0 unspecified atom stereocenters. The van der Waals surface area contributed by atoms with Crippen LogP contribution in [0.15, 0.2) is 12.1 Å². The monoisotopic (exact) mass is 199 g/mol. The lowest BCUT2D eigenvalue weighted by Gasteiger charge is -2.11. The predicted molar refractivity (Wildman–Crippen MR) is 55.5 cm³/mol. The van der Waals surface area contributed by atoms with Crippen molar-refractivity contribution in [1.82, 2.24) is 0 Å². The molecule has 0 fully saturated rings. The van der Waals surface area contributed by atoms with E-state index in [1.165, 1.54) is 0 Å². The maximum atomic E-state index is 5.98. The number of ether oxygens (including phenoxy) is 1. The number of halogens is 1. The molecule has 0 aromatic heterocycles. The van der Waals surface area contributed by atoms with Gasteiger partial charge in [0.05, 0.1) is 7.11 Å². The standard InChI is InChI=1S/C10H14ClNO/c1-7-8(5-6-12)10(13-2)4-3-9(7)11/h3-4H,5-6,12H2,1-2H3. The van der Waals surface area contributed by atoms with E-state index in [4.69, 9.17) is 22.1 Å². The number of hydrogen-bond acceptors (Lipinski definition) is 2. The second-order valence-electron chi connectivity index (χ2n) is 2.89. The number of benzene rings is 1. The molecule has 0 atom stereocenters. The highest BCUT2D eigenvalue weighted by Crippen LogP contribution is 2.27. The van der Waals surface area contributed by atoms with Crippen molar-refractivity contribution in [3.63, 3.8) is 0 Å². The predicted octanol–water partition coefficient (Wildman–Crippen LogP) is 2.16. The van der Waals surface area contributed by atoms with E-state index in [9.17, 15) is 0 Å². The van der Waals surface area contributed by atoms with Gasteiger partial charge in [0.2, 0.25) is 0 Å². The maximum Gasteiger partial charge on any atom is 0.122 e. The molecule has 13 heavy (non-hydrogen) atoms. The molecular weight excluding hydrogens is 186 g/mol. The summed E-state index contributed by atoms with van der Waals surface area (Å²) < 4.78 is 5.22. The summed E-state index contributed by atoms with van der Waals surface area (Å²) in [5, 5.41) is 0.768. The Bertz CT molecular complexity index is 299. The Morgan fingerprint density at radius 1 is 1.46 bits per heavy atom. The second-order valence-corrected chi connectivity index (χ2v) is 3.30. The largest absolute Gasteiger partial charge is 0.496 e. The van der Waals surface area contributed by atoms with Gasteiger partial charge in [-0.15, -0.1) is 0 Å². The summed E-state index contributed by atoms with van der Waals surface area (Å²) in [5.41, 5.74) is 7.67. The lowest BCUT2D eigenvalue weighted by molar-refractivity contribution is 0.409. The summed E-state index contributed by atoms with van der Waals surface area (Å²) in [7, 11) is 1.66. The molecule has 1 rings (SSSR count). The molecule has 0 aliphatic carbocycles. The number of nitrogens with two attached hydrogens (primary N) is 1. The number of methoxy groups -OCH3 is 1. The van der Waals surface area contributed by atoms with Crippen molar-refractivity contribution < 1.29 is 4.74 Å². The Kier molecular flexibility index (Phi) is 3.58. The average Bonchev–Trinajstić information content (AvgIpc) is 2.14. The first kappa shape index (κ1) is 10.4. The SMILES string of the molecule is COc1ccc(Cl)c(C)c1CCN. The molecule has 0 heterocycles. The molecule has 1 aromatic carbocycles. The van der Waals surface area contributed by atoms with Crippen LogP contribution in [-0.4, -0.2) is 13.7 Å². The number of rotatable bonds is 3. The zero-order chi connectivity index (χ0) is 9.84.